The predicted molar refractivity (Wildman–Crippen MR) is 246 cm³/mol. The zero-order valence-electron chi connectivity index (χ0n) is 36.5. The Morgan fingerprint density at radius 3 is 2.25 bits per heavy atom. The topological polar surface area (TPSA) is 246 Å². The predicted octanol–water partition coefficient (Wildman–Crippen LogP) is 4.10. The van der Waals surface area contributed by atoms with E-state index < -0.39 is 35.6 Å². The van der Waals surface area contributed by atoms with Crippen LogP contribution in [0, 0.1) is 0 Å². The zero-order chi connectivity index (χ0) is 46.7. The minimum atomic E-state index is -1.15. The molecule has 6 N–H and O–H groups in total. The van der Waals surface area contributed by atoms with Gasteiger partial charge in [0.25, 0.3) is 11.8 Å². The van der Waals surface area contributed by atoms with Crippen molar-refractivity contribution in [3.8, 4) is 22.4 Å². The zero-order valence-corrected chi connectivity index (χ0v) is 36.5. The molecule has 1 atom stereocenters. The summed E-state index contributed by atoms with van der Waals surface area (Å²) in [6, 6.07) is 25.4. The molecule has 1 saturated carbocycles. The number of aromatic amines is 1. The molecule has 0 spiro atoms. The number of carbonyl (C=O) groups is 7. The van der Waals surface area contributed by atoms with Gasteiger partial charge in [0.1, 0.15) is 6.04 Å². The van der Waals surface area contributed by atoms with Crippen LogP contribution in [0.1, 0.15) is 90.5 Å². The average molecular weight is 905 g/mol. The third-order valence-electron chi connectivity index (χ3n) is 12.8. The number of rotatable bonds is 16. The monoisotopic (exact) mass is 904 g/mol. The Bertz CT molecular complexity index is 3010. The number of carbonyl (C=O) groups excluding carboxylic acids is 7. The fraction of sp³-hybridized carbons (Fsp3) is 0.306. The van der Waals surface area contributed by atoms with Crippen LogP contribution in [-0.4, -0.2) is 91.5 Å². The van der Waals surface area contributed by atoms with E-state index in [-0.39, 0.29) is 72.1 Å². The molecule has 0 radical (unpaired) electrons. The minimum absolute atomic E-state index is 0.0372. The summed E-state index contributed by atoms with van der Waals surface area (Å²) in [7, 11) is 0. The Kier molecular flexibility index (Phi) is 12.5. The fourth-order valence-electron chi connectivity index (χ4n) is 9.07. The molecule has 1 aliphatic carbocycles. The van der Waals surface area contributed by atoms with Crippen LogP contribution in [0.15, 0.2) is 95.9 Å². The maximum Gasteiger partial charge on any atom is 0.347 e. The fourth-order valence-corrected chi connectivity index (χ4v) is 9.07. The first kappa shape index (κ1) is 44.3. The van der Waals surface area contributed by atoms with Gasteiger partial charge in [-0.15, -0.1) is 0 Å². The number of amides is 7. The molecular weight excluding hydrogens is 857 g/mol. The molecule has 342 valence electrons. The number of imide groups is 2. The van der Waals surface area contributed by atoms with Crippen LogP contribution in [0.4, 0.5) is 5.69 Å². The van der Waals surface area contributed by atoms with Gasteiger partial charge in [-0.3, -0.25) is 49.1 Å². The summed E-state index contributed by atoms with van der Waals surface area (Å²) in [5, 5.41) is 21.6. The summed E-state index contributed by atoms with van der Waals surface area (Å²) in [5.74, 6) is -3.63. The summed E-state index contributed by atoms with van der Waals surface area (Å²) in [4.78, 5) is 108. The number of hydrogen-bond acceptors (Lipinski definition) is 11. The standard InChI is InChI=1S/C49H48N10O8/c60-38(19-20-40(62)53-36-12-6-11-32-42(36)47(66)59(46(32)65)37-13-7-14-39(61)55-45(37)64)50-24-4-5-25-51-41(63)28-52-49(22-8-23-49)31-17-15-30(16-18-31)43-33(29-9-2-1-3-10-29)27-34-35(54-43)21-26-58-44(34)56-57-48(58)67/h1-3,6,9-12,15-18,21,26-27,37,52H,4-5,7-8,13-14,19-20,22-25,28H2,(H,50,60)(H,51,63)(H,53,62)(H,57,67)(H,55,61,64). The van der Waals surface area contributed by atoms with E-state index in [4.69, 9.17) is 4.98 Å². The third kappa shape index (κ3) is 9.07. The van der Waals surface area contributed by atoms with Crippen molar-refractivity contribution in [1.82, 2.24) is 45.7 Å². The number of anilines is 1. The summed E-state index contributed by atoms with van der Waals surface area (Å²) in [5.41, 5.74) is 5.38. The van der Waals surface area contributed by atoms with Crippen molar-refractivity contribution in [1.29, 1.82) is 0 Å². The molecule has 18 heteroatoms. The quantitative estimate of drug-likeness (QED) is 0.0597. The van der Waals surface area contributed by atoms with Gasteiger partial charge in [-0.25, -0.2) is 19.3 Å². The summed E-state index contributed by atoms with van der Waals surface area (Å²) < 4.78 is 1.47. The van der Waals surface area contributed by atoms with Crippen molar-refractivity contribution in [3.63, 3.8) is 0 Å². The van der Waals surface area contributed by atoms with Gasteiger partial charge in [-0.2, -0.15) is 5.10 Å². The normalized spacial score (nSPS) is 16.6. The SMILES string of the molecule is O=C(CCC(=O)Nc1cccc2c1C(=O)N(C1CCCC(=O)NC1=O)C2=O)NCCCCNC(=O)CNC1(c2ccc(-c3nc4ccn5c(=O)[nH]nc5c4cc3-c3ccccc3)cc2)CCC1. The second kappa shape index (κ2) is 18.9. The van der Waals surface area contributed by atoms with Gasteiger partial charge in [0, 0.05) is 60.6 Å². The highest BCUT2D eigenvalue weighted by atomic mass is 16.2. The molecular formula is C49H48N10O8. The number of nitrogens with one attached hydrogen (secondary N) is 6. The maximum atomic E-state index is 13.4. The number of benzene rings is 3. The first-order valence-corrected chi connectivity index (χ1v) is 22.5. The van der Waals surface area contributed by atoms with Crippen LogP contribution in [0.2, 0.25) is 0 Å². The highest BCUT2D eigenvalue weighted by molar-refractivity contribution is 6.26. The third-order valence-corrected chi connectivity index (χ3v) is 12.8. The molecule has 7 amide bonds. The van der Waals surface area contributed by atoms with Crippen LogP contribution < -0.4 is 32.3 Å². The molecule has 5 heterocycles. The molecule has 67 heavy (non-hydrogen) atoms. The van der Waals surface area contributed by atoms with E-state index in [9.17, 15) is 38.4 Å². The average Bonchev–Trinajstić information content (AvgIpc) is 3.76. The van der Waals surface area contributed by atoms with Gasteiger partial charge in [-0.05, 0) is 80.3 Å². The molecule has 2 aliphatic heterocycles. The smallest absolute Gasteiger partial charge is 0.347 e. The lowest BCUT2D eigenvalue weighted by Crippen LogP contribution is -2.51. The molecule has 3 aromatic heterocycles. The van der Waals surface area contributed by atoms with E-state index in [0.29, 0.717) is 43.5 Å². The number of aromatic nitrogens is 4. The molecule has 2 fully saturated rings. The lowest BCUT2D eigenvalue weighted by Gasteiger charge is -2.43. The van der Waals surface area contributed by atoms with E-state index >= 15 is 0 Å². The molecule has 0 bridgehead atoms. The van der Waals surface area contributed by atoms with E-state index in [0.717, 1.165) is 57.5 Å². The van der Waals surface area contributed by atoms with Crippen molar-refractivity contribution in [2.24, 2.45) is 0 Å². The van der Waals surface area contributed by atoms with Crippen LogP contribution >= 0.6 is 0 Å². The number of H-pyrrole nitrogens is 1. The van der Waals surface area contributed by atoms with Crippen molar-refractivity contribution >= 4 is 63.6 Å². The first-order valence-electron chi connectivity index (χ1n) is 22.5. The van der Waals surface area contributed by atoms with E-state index in [2.05, 4.69) is 61.0 Å². The second-order valence-electron chi connectivity index (χ2n) is 17.1. The Balaban J connectivity index is 0.715. The number of pyridine rings is 2. The molecule has 6 aromatic rings. The lowest BCUT2D eigenvalue weighted by molar-refractivity contribution is -0.131. The number of fused-ring (bicyclic) bond motifs is 4. The molecule has 18 nitrogen and oxygen atoms in total. The largest absolute Gasteiger partial charge is 0.356 e. The van der Waals surface area contributed by atoms with Crippen molar-refractivity contribution in [2.45, 2.75) is 75.8 Å². The second-order valence-corrected chi connectivity index (χ2v) is 17.1. The maximum absolute atomic E-state index is 13.4. The minimum Gasteiger partial charge on any atom is -0.356 e. The Morgan fingerprint density at radius 2 is 1.51 bits per heavy atom. The molecule has 9 rings (SSSR count). The van der Waals surface area contributed by atoms with Crippen LogP contribution in [-0.2, 0) is 29.5 Å². The Morgan fingerprint density at radius 1 is 0.761 bits per heavy atom. The molecule has 3 aromatic carbocycles. The van der Waals surface area contributed by atoms with Crippen LogP contribution in [0.3, 0.4) is 0 Å². The van der Waals surface area contributed by atoms with Gasteiger partial charge in [0.15, 0.2) is 5.65 Å². The molecule has 1 saturated heterocycles. The number of unbranched alkanes of at least 4 members (excludes halogenated alkanes) is 1. The van der Waals surface area contributed by atoms with Crippen molar-refractivity contribution in [2.75, 3.05) is 25.0 Å². The van der Waals surface area contributed by atoms with E-state index in [1.807, 2.05) is 42.5 Å². The summed E-state index contributed by atoms with van der Waals surface area (Å²) in [6.45, 7) is 0.919. The van der Waals surface area contributed by atoms with Gasteiger partial charge >= 0.3 is 5.69 Å². The Labute approximate surface area is 383 Å². The summed E-state index contributed by atoms with van der Waals surface area (Å²) >= 11 is 0. The van der Waals surface area contributed by atoms with Crippen molar-refractivity contribution in [3.05, 3.63) is 118 Å². The van der Waals surface area contributed by atoms with Gasteiger partial charge < -0.3 is 16.0 Å². The molecule has 3 aliphatic rings. The Hall–Kier alpha value is -7.86. The lowest BCUT2D eigenvalue weighted by atomic mass is 9.71. The van der Waals surface area contributed by atoms with E-state index in [1.165, 1.54) is 22.6 Å². The first-order chi connectivity index (χ1) is 32.5. The van der Waals surface area contributed by atoms with Crippen LogP contribution in [0.5, 0.6) is 0 Å². The van der Waals surface area contributed by atoms with Crippen molar-refractivity contribution < 1.29 is 33.6 Å². The number of nitrogens with zero attached hydrogens (tertiary/aromatic N) is 4. The molecule has 1 unspecified atom stereocenters. The van der Waals surface area contributed by atoms with Gasteiger partial charge in [-0.1, -0.05) is 60.7 Å². The van der Waals surface area contributed by atoms with Gasteiger partial charge in [0.2, 0.25) is 29.5 Å². The van der Waals surface area contributed by atoms with Gasteiger partial charge in [0.05, 0.1) is 34.6 Å². The van der Waals surface area contributed by atoms with E-state index in [1.54, 1.807) is 6.20 Å². The van der Waals surface area contributed by atoms with Crippen LogP contribution in [0.25, 0.3) is 38.9 Å². The summed E-state index contributed by atoms with van der Waals surface area (Å²) in [6.07, 6.45) is 5.99. The highest BCUT2D eigenvalue weighted by Crippen LogP contribution is 2.42. The number of hydrogen-bond donors (Lipinski definition) is 6. The highest BCUT2D eigenvalue weighted by Gasteiger charge is 2.45.